The molecule has 0 bridgehead atoms. The lowest BCUT2D eigenvalue weighted by Gasteiger charge is -2.09. The Morgan fingerprint density at radius 2 is 1.77 bits per heavy atom. The third-order valence-corrected chi connectivity index (χ3v) is 4.95. The summed E-state index contributed by atoms with van der Waals surface area (Å²) in [6.45, 7) is 0. The van der Waals surface area contributed by atoms with E-state index in [1.807, 2.05) is 0 Å². The van der Waals surface area contributed by atoms with Gasteiger partial charge in [0.25, 0.3) is 5.91 Å². The van der Waals surface area contributed by atoms with Gasteiger partial charge in [-0.15, -0.1) is 0 Å². The third kappa shape index (κ3) is 3.68. The summed E-state index contributed by atoms with van der Waals surface area (Å²) in [5.74, 6) is -1.13. The van der Waals surface area contributed by atoms with Crippen molar-refractivity contribution >= 4 is 46.7 Å². The van der Waals surface area contributed by atoms with Crippen molar-refractivity contribution in [1.82, 2.24) is 10.6 Å². The van der Waals surface area contributed by atoms with Gasteiger partial charge in [0.15, 0.2) is 0 Å². The molecule has 1 saturated heterocycles. The number of rotatable bonds is 4. The number of halogens is 2. The Hall–Kier alpha value is -3.55. The van der Waals surface area contributed by atoms with Gasteiger partial charge in [0.2, 0.25) is 0 Å². The van der Waals surface area contributed by atoms with Gasteiger partial charge in [0.1, 0.15) is 17.2 Å². The lowest BCUT2D eigenvalue weighted by Crippen LogP contribution is -2.22. The van der Waals surface area contributed by atoms with E-state index in [1.54, 1.807) is 42.5 Å². The van der Waals surface area contributed by atoms with E-state index in [1.165, 1.54) is 12.1 Å². The number of nitrogens with one attached hydrogen (secondary N) is 2. The molecule has 7 nitrogen and oxygen atoms in total. The molecule has 2 aromatic carbocycles. The fourth-order valence-corrected chi connectivity index (χ4v) is 3.46. The van der Waals surface area contributed by atoms with E-state index >= 15 is 0 Å². The van der Waals surface area contributed by atoms with E-state index in [0.717, 1.165) is 0 Å². The first kappa shape index (κ1) is 19.8. The number of aromatic carboxylic acids is 1. The summed E-state index contributed by atoms with van der Waals surface area (Å²) in [6, 6.07) is 13.8. The topological polar surface area (TPSA) is 109 Å². The molecule has 9 heteroatoms. The molecule has 0 spiro atoms. The van der Waals surface area contributed by atoms with Crippen LogP contribution in [0.4, 0.5) is 4.79 Å². The predicted molar refractivity (Wildman–Crippen MR) is 110 cm³/mol. The van der Waals surface area contributed by atoms with Crippen molar-refractivity contribution in [3.63, 3.8) is 0 Å². The zero-order valence-electron chi connectivity index (χ0n) is 15.0. The van der Waals surface area contributed by atoms with Crippen LogP contribution in [0.25, 0.3) is 16.9 Å². The average molecular weight is 443 g/mol. The van der Waals surface area contributed by atoms with E-state index in [-0.39, 0.29) is 22.0 Å². The Morgan fingerprint density at radius 1 is 0.967 bits per heavy atom. The second-order valence-corrected chi connectivity index (χ2v) is 7.18. The Balaban J connectivity index is 1.85. The molecule has 150 valence electrons. The van der Waals surface area contributed by atoms with Gasteiger partial charge in [-0.2, -0.15) is 0 Å². The van der Waals surface area contributed by atoms with Crippen molar-refractivity contribution in [2.24, 2.45) is 0 Å². The monoisotopic (exact) mass is 442 g/mol. The second-order valence-electron chi connectivity index (χ2n) is 6.33. The summed E-state index contributed by atoms with van der Waals surface area (Å²) < 4.78 is 5.93. The number of furan rings is 1. The van der Waals surface area contributed by atoms with Gasteiger partial charge < -0.3 is 14.8 Å². The van der Waals surface area contributed by atoms with Crippen LogP contribution in [0.5, 0.6) is 0 Å². The van der Waals surface area contributed by atoms with E-state index in [2.05, 4.69) is 10.6 Å². The van der Waals surface area contributed by atoms with E-state index in [4.69, 9.17) is 27.6 Å². The number of carbonyl (C=O) groups is 3. The summed E-state index contributed by atoms with van der Waals surface area (Å²) in [5.41, 5.74) is 1.32. The van der Waals surface area contributed by atoms with Crippen molar-refractivity contribution < 1.29 is 23.9 Å². The highest BCUT2D eigenvalue weighted by atomic mass is 35.5. The highest BCUT2D eigenvalue weighted by Crippen LogP contribution is 2.34. The average Bonchev–Trinajstić information content (AvgIpc) is 3.29. The highest BCUT2D eigenvalue weighted by Gasteiger charge is 2.29. The molecule has 0 atom stereocenters. The van der Waals surface area contributed by atoms with Crippen molar-refractivity contribution in [3.05, 3.63) is 87.2 Å². The standard InChI is InChI=1S/C21H12Cl2N2O5/c22-12-3-1-2-11(8-12)17(18-19(26)25-21(29)24-18)16-7-6-15(30-16)10-4-5-14(23)13(9-10)20(27)28/h1-9H,(H,27,28)(H2,24,25,26,29). The lowest BCUT2D eigenvalue weighted by atomic mass is 10.0. The van der Waals surface area contributed by atoms with Crippen LogP contribution < -0.4 is 10.6 Å². The molecule has 30 heavy (non-hydrogen) atoms. The number of carboxylic acids is 1. The molecule has 0 aliphatic carbocycles. The van der Waals surface area contributed by atoms with Gasteiger partial charge in [-0.25, -0.2) is 9.59 Å². The van der Waals surface area contributed by atoms with Gasteiger partial charge in [-0.05, 0) is 48.0 Å². The fourth-order valence-electron chi connectivity index (χ4n) is 3.07. The van der Waals surface area contributed by atoms with Crippen LogP contribution in [0.2, 0.25) is 10.0 Å². The summed E-state index contributed by atoms with van der Waals surface area (Å²) in [5, 5.41) is 14.5. The van der Waals surface area contributed by atoms with E-state index in [0.29, 0.717) is 27.5 Å². The Labute approximate surface area is 179 Å². The summed E-state index contributed by atoms with van der Waals surface area (Å²) >= 11 is 12.0. The van der Waals surface area contributed by atoms with E-state index < -0.39 is 17.9 Å². The molecule has 0 unspecified atom stereocenters. The number of hydrogen-bond donors (Lipinski definition) is 3. The largest absolute Gasteiger partial charge is 0.478 e. The van der Waals surface area contributed by atoms with Crippen molar-refractivity contribution in [3.8, 4) is 11.3 Å². The third-order valence-electron chi connectivity index (χ3n) is 4.39. The van der Waals surface area contributed by atoms with Gasteiger partial charge in [-0.1, -0.05) is 35.3 Å². The first-order valence-electron chi connectivity index (χ1n) is 8.59. The van der Waals surface area contributed by atoms with Gasteiger partial charge in [-0.3, -0.25) is 10.1 Å². The fraction of sp³-hybridized carbons (Fsp3) is 0. The molecule has 4 rings (SSSR count). The van der Waals surface area contributed by atoms with Crippen molar-refractivity contribution in [1.29, 1.82) is 0 Å². The number of benzene rings is 2. The number of carbonyl (C=O) groups excluding carboxylic acids is 2. The minimum Gasteiger partial charge on any atom is -0.478 e. The molecule has 1 fully saturated rings. The normalized spacial score (nSPS) is 15.0. The molecular weight excluding hydrogens is 431 g/mol. The zero-order chi connectivity index (χ0) is 21.4. The van der Waals surface area contributed by atoms with Crippen LogP contribution >= 0.6 is 23.2 Å². The van der Waals surface area contributed by atoms with Crippen LogP contribution in [0.15, 0.2) is 64.7 Å². The summed E-state index contributed by atoms with van der Waals surface area (Å²) in [4.78, 5) is 35.3. The minimum absolute atomic E-state index is 0.0190. The maximum atomic E-state index is 12.3. The van der Waals surface area contributed by atoms with E-state index in [9.17, 15) is 19.5 Å². The molecule has 2 heterocycles. The quantitative estimate of drug-likeness (QED) is 0.405. The molecule has 0 radical (unpaired) electrons. The molecule has 1 aromatic heterocycles. The Kier molecular flexibility index (Phi) is 5.07. The highest BCUT2D eigenvalue weighted by molar-refractivity contribution is 6.33. The van der Waals surface area contributed by atoms with Crippen LogP contribution in [0.3, 0.4) is 0 Å². The summed E-state index contributed by atoms with van der Waals surface area (Å²) in [7, 11) is 0. The minimum atomic E-state index is -1.17. The Morgan fingerprint density at radius 3 is 2.43 bits per heavy atom. The smallest absolute Gasteiger partial charge is 0.337 e. The number of urea groups is 1. The number of carboxylic acid groups (broad SMARTS) is 1. The molecule has 3 amide bonds. The molecule has 3 N–H and O–H groups in total. The van der Waals surface area contributed by atoms with Gasteiger partial charge in [0, 0.05) is 10.6 Å². The van der Waals surface area contributed by atoms with Crippen LogP contribution in [0.1, 0.15) is 21.7 Å². The van der Waals surface area contributed by atoms with Gasteiger partial charge in [0.05, 0.1) is 16.2 Å². The molecular formula is C21H12Cl2N2O5. The zero-order valence-corrected chi connectivity index (χ0v) is 16.5. The summed E-state index contributed by atoms with van der Waals surface area (Å²) in [6.07, 6.45) is 0. The predicted octanol–water partition coefficient (Wildman–Crippen LogP) is 4.55. The lowest BCUT2D eigenvalue weighted by molar-refractivity contribution is -0.115. The molecule has 3 aromatic rings. The van der Waals surface area contributed by atoms with Gasteiger partial charge >= 0.3 is 12.0 Å². The van der Waals surface area contributed by atoms with Crippen molar-refractivity contribution in [2.75, 3.05) is 0 Å². The molecule has 0 saturated carbocycles. The first-order valence-corrected chi connectivity index (χ1v) is 9.35. The Bertz CT molecular complexity index is 1250. The van der Waals surface area contributed by atoms with Crippen molar-refractivity contribution in [2.45, 2.75) is 0 Å². The van der Waals surface area contributed by atoms with Crippen LogP contribution in [0, 0.1) is 0 Å². The maximum Gasteiger partial charge on any atom is 0.337 e. The molecule has 1 aliphatic heterocycles. The molecule has 1 aliphatic rings. The SMILES string of the molecule is O=C1NC(=O)C(=C(c2cccc(Cl)c2)c2ccc(-c3ccc(Cl)c(C(=O)O)c3)o2)N1. The number of hydrogen-bond acceptors (Lipinski definition) is 4. The number of amides is 3. The van der Waals surface area contributed by atoms with Crippen LogP contribution in [-0.2, 0) is 4.79 Å². The maximum absolute atomic E-state index is 12.3. The van der Waals surface area contributed by atoms with Crippen LogP contribution in [-0.4, -0.2) is 23.0 Å². The second kappa shape index (κ2) is 7.70. The number of imide groups is 1. The first-order chi connectivity index (χ1) is 14.3.